The van der Waals surface area contributed by atoms with E-state index >= 15 is 0 Å². The summed E-state index contributed by atoms with van der Waals surface area (Å²) >= 11 is 0. The van der Waals surface area contributed by atoms with Crippen LogP contribution >= 0.6 is 0 Å². The van der Waals surface area contributed by atoms with Gasteiger partial charge in [-0.1, -0.05) is 72.8 Å². The first kappa shape index (κ1) is 30.6. The predicted octanol–water partition coefficient (Wildman–Crippen LogP) is 4.65. The van der Waals surface area contributed by atoms with Crippen molar-refractivity contribution in [1.29, 1.82) is 0 Å². The summed E-state index contributed by atoms with van der Waals surface area (Å²) in [6.45, 7) is 0.356. The number of nitrogens with two attached hydrogens (primary N) is 1. The largest absolute Gasteiger partial charge is 0.489 e. The van der Waals surface area contributed by atoms with Gasteiger partial charge in [-0.3, -0.25) is 9.59 Å². The molecule has 0 aromatic heterocycles. The molecular weight excluding hydrogens is 558 g/mol. The van der Waals surface area contributed by atoms with Crippen molar-refractivity contribution in [2.75, 3.05) is 26.9 Å². The van der Waals surface area contributed by atoms with Crippen LogP contribution in [0.3, 0.4) is 0 Å². The summed E-state index contributed by atoms with van der Waals surface area (Å²) in [5.41, 5.74) is 7.31. The molecule has 228 valence electrons. The van der Waals surface area contributed by atoms with Crippen molar-refractivity contribution >= 4 is 39.3 Å². The number of ether oxygens (including phenoxy) is 3. The lowest BCUT2D eigenvalue weighted by Gasteiger charge is -2.22. The third-order valence-electron chi connectivity index (χ3n) is 7.66. The Labute approximate surface area is 256 Å². The van der Waals surface area contributed by atoms with Crippen LogP contribution in [0.25, 0.3) is 32.7 Å². The Balaban J connectivity index is 1.60. The number of hydrogen-bond acceptors (Lipinski definition) is 7. The SMILES string of the molecule is COC(=O)[C@@H]1C/C=C\COc2ccc3ccccc3c2-c2c(ccc3ccccc23)OCC(=O)N[C@H](CCCCN)C(=O)N1. The lowest BCUT2D eigenvalue weighted by molar-refractivity contribution is -0.145. The first-order valence-electron chi connectivity index (χ1n) is 14.8. The number of carbonyl (C=O) groups excluding carboxylic acids is 3. The number of unbranched alkanes of at least 4 members (excludes halogenated alkanes) is 1. The Morgan fingerprint density at radius 1 is 0.841 bits per heavy atom. The summed E-state index contributed by atoms with van der Waals surface area (Å²) in [4.78, 5) is 39.1. The van der Waals surface area contributed by atoms with Gasteiger partial charge in [0.15, 0.2) is 6.61 Å². The maximum absolute atomic E-state index is 13.3. The van der Waals surface area contributed by atoms with Crippen LogP contribution < -0.4 is 25.8 Å². The molecule has 0 fully saturated rings. The summed E-state index contributed by atoms with van der Waals surface area (Å²) in [6, 6.07) is 22.0. The Kier molecular flexibility index (Phi) is 10.1. The topological polar surface area (TPSA) is 129 Å². The zero-order valence-electron chi connectivity index (χ0n) is 24.7. The van der Waals surface area contributed by atoms with Crippen molar-refractivity contribution in [2.45, 2.75) is 37.8 Å². The number of hydrogen-bond donors (Lipinski definition) is 3. The molecule has 1 aliphatic heterocycles. The van der Waals surface area contributed by atoms with E-state index in [1.165, 1.54) is 7.11 Å². The molecule has 0 saturated carbocycles. The molecule has 4 aromatic rings. The van der Waals surface area contributed by atoms with Crippen molar-refractivity contribution in [2.24, 2.45) is 5.73 Å². The molecular formula is C35H37N3O6. The minimum Gasteiger partial charge on any atom is -0.489 e. The average Bonchev–Trinajstić information content (AvgIpc) is 3.05. The maximum Gasteiger partial charge on any atom is 0.328 e. The van der Waals surface area contributed by atoms with Gasteiger partial charge >= 0.3 is 5.97 Å². The fourth-order valence-corrected chi connectivity index (χ4v) is 5.47. The van der Waals surface area contributed by atoms with E-state index in [9.17, 15) is 14.4 Å². The number of fused-ring (bicyclic) bond motifs is 7. The predicted molar refractivity (Wildman–Crippen MR) is 170 cm³/mol. The quantitative estimate of drug-likeness (QED) is 0.174. The van der Waals surface area contributed by atoms with Gasteiger partial charge in [0.05, 0.1) is 7.11 Å². The monoisotopic (exact) mass is 595 g/mol. The van der Waals surface area contributed by atoms with Crippen molar-refractivity contribution < 1.29 is 28.6 Å². The van der Waals surface area contributed by atoms with Crippen LogP contribution in [0.5, 0.6) is 11.5 Å². The Morgan fingerprint density at radius 2 is 1.48 bits per heavy atom. The maximum atomic E-state index is 13.3. The van der Waals surface area contributed by atoms with Gasteiger partial charge in [0.25, 0.3) is 5.91 Å². The van der Waals surface area contributed by atoms with Crippen LogP contribution in [0.2, 0.25) is 0 Å². The van der Waals surface area contributed by atoms with E-state index in [-0.39, 0.29) is 19.6 Å². The van der Waals surface area contributed by atoms with Gasteiger partial charge in [-0.2, -0.15) is 0 Å². The van der Waals surface area contributed by atoms with Crippen molar-refractivity contribution in [3.8, 4) is 22.6 Å². The van der Waals surface area contributed by atoms with Crippen LogP contribution in [0.1, 0.15) is 25.7 Å². The van der Waals surface area contributed by atoms with Gasteiger partial charge in [0, 0.05) is 11.1 Å². The van der Waals surface area contributed by atoms with Crippen LogP contribution in [0.15, 0.2) is 84.9 Å². The Bertz CT molecular complexity index is 1680. The van der Waals surface area contributed by atoms with Crippen LogP contribution in [0.4, 0.5) is 0 Å². The van der Waals surface area contributed by atoms with Crippen molar-refractivity contribution in [1.82, 2.24) is 10.6 Å². The number of rotatable bonds is 5. The van der Waals surface area contributed by atoms with E-state index in [4.69, 9.17) is 19.9 Å². The third kappa shape index (κ3) is 7.01. The molecule has 9 nitrogen and oxygen atoms in total. The molecule has 9 heteroatoms. The molecule has 0 bridgehead atoms. The molecule has 5 rings (SSSR count). The first-order chi connectivity index (χ1) is 21.5. The normalized spacial score (nSPS) is 18.5. The number of amides is 2. The fourth-order valence-electron chi connectivity index (χ4n) is 5.47. The Hall–Kier alpha value is -4.89. The van der Waals surface area contributed by atoms with E-state index in [2.05, 4.69) is 10.6 Å². The molecule has 0 saturated heterocycles. The highest BCUT2D eigenvalue weighted by Crippen LogP contribution is 2.45. The van der Waals surface area contributed by atoms with Gasteiger partial charge in [-0.15, -0.1) is 0 Å². The smallest absolute Gasteiger partial charge is 0.328 e. The first-order valence-corrected chi connectivity index (χ1v) is 14.8. The van der Waals surface area contributed by atoms with Crippen molar-refractivity contribution in [3.63, 3.8) is 0 Å². The molecule has 1 heterocycles. The summed E-state index contributed by atoms with van der Waals surface area (Å²) in [6.07, 6.45) is 5.43. The van der Waals surface area contributed by atoms with Crippen molar-refractivity contribution in [3.05, 3.63) is 84.9 Å². The minimum absolute atomic E-state index is 0.187. The summed E-state index contributed by atoms with van der Waals surface area (Å²) in [5.74, 6) is -0.387. The van der Waals surface area contributed by atoms with Gasteiger partial charge < -0.3 is 30.6 Å². The number of methoxy groups -OCH3 is 1. The van der Waals surface area contributed by atoms with E-state index < -0.39 is 29.9 Å². The van der Waals surface area contributed by atoms with Gasteiger partial charge in [0.2, 0.25) is 5.91 Å². The summed E-state index contributed by atoms with van der Waals surface area (Å²) in [7, 11) is 1.27. The van der Waals surface area contributed by atoms with Gasteiger partial charge in [-0.05, 0) is 65.9 Å². The molecule has 0 unspecified atom stereocenters. The van der Waals surface area contributed by atoms with Crippen LogP contribution in [-0.2, 0) is 19.1 Å². The standard InChI is InChI=1S/C35H37N3O6/c1-42-35(41)28-15-7-9-21-43-29-18-16-23-10-2-4-12-25(23)32(29)33-26-13-5-3-11-24(26)17-19-30(33)44-22-31(39)37-27(34(40)38-28)14-6-8-20-36/h2-5,7,9-13,16-19,27-28H,6,8,14-15,20-22,36H2,1H3,(H,37,39)(H,38,40)/b9-7-/t27-,28+/m1/s1. The highest BCUT2D eigenvalue weighted by atomic mass is 16.5. The number of benzene rings is 4. The molecule has 4 aromatic carbocycles. The number of esters is 1. The van der Waals surface area contributed by atoms with E-state index in [0.29, 0.717) is 37.3 Å². The van der Waals surface area contributed by atoms with E-state index in [1.807, 2.05) is 72.8 Å². The molecule has 2 atom stereocenters. The number of carbonyl (C=O) groups is 3. The Morgan fingerprint density at radius 3 is 2.11 bits per heavy atom. The van der Waals surface area contributed by atoms with E-state index in [1.54, 1.807) is 12.2 Å². The molecule has 2 amide bonds. The van der Waals surface area contributed by atoms with E-state index in [0.717, 1.165) is 32.7 Å². The molecule has 0 spiro atoms. The average molecular weight is 596 g/mol. The lowest BCUT2D eigenvalue weighted by atomic mass is 9.92. The zero-order valence-corrected chi connectivity index (χ0v) is 24.7. The molecule has 44 heavy (non-hydrogen) atoms. The number of nitrogens with one attached hydrogen (secondary N) is 2. The second kappa shape index (κ2) is 14.5. The third-order valence-corrected chi connectivity index (χ3v) is 7.66. The highest BCUT2D eigenvalue weighted by molar-refractivity contribution is 6.09. The zero-order chi connectivity index (χ0) is 30.9. The van der Waals surface area contributed by atoms with Gasteiger partial charge in [0.1, 0.15) is 30.2 Å². The van der Waals surface area contributed by atoms with Crippen LogP contribution in [-0.4, -0.2) is 56.7 Å². The highest BCUT2D eigenvalue weighted by Gasteiger charge is 2.27. The molecule has 1 aliphatic rings. The second-order valence-corrected chi connectivity index (χ2v) is 10.6. The molecule has 4 N–H and O–H groups in total. The van der Waals surface area contributed by atoms with Crippen LogP contribution in [0, 0.1) is 0 Å². The molecule has 0 radical (unpaired) electrons. The lowest BCUT2D eigenvalue weighted by Crippen LogP contribution is -2.52. The summed E-state index contributed by atoms with van der Waals surface area (Å²) in [5, 5.41) is 9.49. The van der Waals surface area contributed by atoms with Gasteiger partial charge in [-0.25, -0.2) is 4.79 Å². The minimum atomic E-state index is -0.934. The fraction of sp³-hybridized carbons (Fsp3) is 0.286. The molecule has 0 aliphatic carbocycles. The second-order valence-electron chi connectivity index (χ2n) is 10.6. The summed E-state index contributed by atoms with van der Waals surface area (Å²) < 4.78 is 17.5.